The summed E-state index contributed by atoms with van der Waals surface area (Å²) in [7, 11) is 0. The third kappa shape index (κ3) is 19.3. The average Bonchev–Trinajstić information content (AvgIpc) is 3.41. The van der Waals surface area contributed by atoms with E-state index in [1.54, 1.807) is 0 Å². The molecule has 39 heavy (non-hydrogen) atoms. The van der Waals surface area contributed by atoms with E-state index in [9.17, 15) is 4.79 Å². The van der Waals surface area contributed by atoms with Crippen molar-refractivity contribution in [3.05, 3.63) is 35.9 Å². The molecule has 2 rings (SSSR count). The van der Waals surface area contributed by atoms with Crippen LogP contribution < -0.4 is 0 Å². The molecule has 5 heteroatoms. The molecule has 0 unspecified atom stereocenters. The van der Waals surface area contributed by atoms with Crippen molar-refractivity contribution in [3.8, 4) is 0 Å². The summed E-state index contributed by atoms with van der Waals surface area (Å²) in [5.74, 6) is -0.144. The van der Waals surface area contributed by atoms with Gasteiger partial charge >= 0.3 is 5.97 Å². The molecule has 1 aliphatic heterocycles. The van der Waals surface area contributed by atoms with Crippen molar-refractivity contribution >= 4 is 5.97 Å². The number of carbonyl (C=O) groups excluding carboxylic acids is 1. The van der Waals surface area contributed by atoms with Crippen LogP contribution >= 0.6 is 0 Å². The van der Waals surface area contributed by atoms with Crippen molar-refractivity contribution in [2.45, 2.75) is 154 Å². The lowest BCUT2D eigenvalue weighted by atomic mass is 10.0. The number of hydrogen-bond donors (Lipinski definition) is 0. The molecular weight excluding hydrogens is 488 g/mol. The number of rotatable bonds is 26. The van der Waals surface area contributed by atoms with Crippen LogP contribution in [0.1, 0.15) is 141 Å². The van der Waals surface area contributed by atoms with Crippen LogP contribution in [0.15, 0.2) is 30.3 Å². The van der Waals surface area contributed by atoms with Crippen LogP contribution in [-0.4, -0.2) is 38.2 Å². The van der Waals surface area contributed by atoms with Gasteiger partial charge in [-0.3, -0.25) is 4.79 Å². The highest BCUT2D eigenvalue weighted by Gasteiger charge is 2.26. The van der Waals surface area contributed by atoms with Gasteiger partial charge in [-0.25, -0.2) is 0 Å². The molecule has 0 radical (unpaired) electrons. The van der Waals surface area contributed by atoms with Crippen LogP contribution in [0.4, 0.5) is 0 Å². The second kappa shape index (κ2) is 24.4. The summed E-state index contributed by atoms with van der Waals surface area (Å²) in [5.41, 5.74) is 1.19. The maximum Gasteiger partial charge on any atom is 0.305 e. The predicted molar refractivity (Wildman–Crippen MR) is 160 cm³/mol. The first-order valence-electron chi connectivity index (χ1n) is 16.3. The lowest BCUT2D eigenvalue weighted by molar-refractivity contribution is -0.148. The van der Waals surface area contributed by atoms with Gasteiger partial charge in [0.25, 0.3) is 0 Å². The topological polar surface area (TPSA) is 54.0 Å². The van der Waals surface area contributed by atoms with Gasteiger partial charge in [-0.05, 0) is 31.2 Å². The van der Waals surface area contributed by atoms with Crippen LogP contribution in [0.2, 0.25) is 0 Å². The third-order valence-electron chi connectivity index (χ3n) is 7.57. The number of benzene rings is 1. The molecule has 224 valence electrons. The lowest BCUT2D eigenvalue weighted by Gasteiger charge is -2.12. The maximum absolute atomic E-state index is 12.0. The highest BCUT2D eigenvalue weighted by molar-refractivity contribution is 5.69. The predicted octanol–water partition coefficient (Wildman–Crippen LogP) is 9.31. The summed E-state index contributed by atoms with van der Waals surface area (Å²) >= 11 is 0. The van der Waals surface area contributed by atoms with Crippen molar-refractivity contribution in [3.63, 3.8) is 0 Å². The van der Waals surface area contributed by atoms with Crippen molar-refractivity contribution in [2.24, 2.45) is 0 Å². The molecule has 5 nitrogen and oxygen atoms in total. The van der Waals surface area contributed by atoms with Crippen molar-refractivity contribution in [2.75, 3.05) is 19.8 Å². The molecule has 0 aliphatic carbocycles. The number of ether oxygens (including phenoxy) is 4. The van der Waals surface area contributed by atoms with Gasteiger partial charge in [-0.1, -0.05) is 134 Å². The third-order valence-corrected chi connectivity index (χ3v) is 7.57. The Morgan fingerprint density at radius 2 is 1.36 bits per heavy atom. The largest absolute Gasteiger partial charge is 0.463 e. The van der Waals surface area contributed by atoms with E-state index in [0.717, 1.165) is 38.7 Å². The Labute approximate surface area is 239 Å². The molecule has 1 aromatic carbocycles. The molecule has 2 atom stereocenters. The lowest BCUT2D eigenvalue weighted by Crippen LogP contribution is -2.21. The van der Waals surface area contributed by atoms with Crippen LogP contribution in [0.5, 0.6) is 0 Å². The quantitative estimate of drug-likeness (QED) is 0.0856. The zero-order chi connectivity index (χ0) is 27.6. The van der Waals surface area contributed by atoms with Crippen molar-refractivity contribution in [1.29, 1.82) is 0 Å². The van der Waals surface area contributed by atoms with Crippen LogP contribution in [0, 0.1) is 0 Å². The molecule has 0 saturated carbocycles. The molecule has 0 bridgehead atoms. The standard InChI is InChI=1S/C34H58O5/c1-2-3-4-5-6-7-8-9-10-11-12-13-14-15-21-26-34-38-30-32(39-34)29-37-33(35)25-20-17-22-27-36-28-31-23-18-16-19-24-31/h16,18-19,23-24,32,34H,2-15,17,20-22,25-30H2,1H3/t32-,34-/m1/s1. The van der Waals surface area contributed by atoms with E-state index in [-0.39, 0.29) is 18.4 Å². The molecule has 1 aliphatic rings. The molecule has 1 fully saturated rings. The minimum absolute atomic E-state index is 0.123. The van der Waals surface area contributed by atoms with Gasteiger partial charge in [0, 0.05) is 13.0 Å². The molecule has 1 heterocycles. The van der Waals surface area contributed by atoms with Crippen molar-refractivity contribution < 1.29 is 23.7 Å². The summed E-state index contributed by atoms with van der Waals surface area (Å²) in [4.78, 5) is 12.0. The fraction of sp³-hybridized carbons (Fsp3) is 0.794. The van der Waals surface area contributed by atoms with Gasteiger partial charge in [-0.15, -0.1) is 0 Å². The number of carbonyl (C=O) groups is 1. The van der Waals surface area contributed by atoms with Gasteiger partial charge in [0.1, 0.15) is 12.7 Å². The van der Waals surface area contributed by atoms with Gasteiger partial charge < -0.3 is 18.9 Å². The van der Waals surface area contributed by atoms with E-state index in [1.165, 1.54) is 95.5 Å². The summed E-state index contributed by atoms with van der Waals surface area (Å²) in [5, 5.41) is 0. The smallest absolute Gasteiger partial charge is 0.305 e. The number of unbranched alkanes of at least 4 members (excludes halogenated alkanes) is 16. The Balaban J connectivity index is 1.30. The van der Waals surface area contributed by atoms with Crippen molar-refractivity contribution in [1.82, 2.24) is 0 Å². The first-order valence-corrected chi connectivity index (χ1v) is 16.3. The van der Waals surface area contributed by atoms with Crippen LogP contribution in [0.3, 0.4) is 0 Å². The zero-order valence-corrected chi connectivity index (χ0v) is 25.1. The van der Waals surface area contributed by atoms with Gasteiger partial charge in [-0.2, -0.15) is 0 Å². The fourth-order valence-corrected chi connectivity index (χ4v) is 5.10. The summed E-state index contributed by atoms with van der Waals surface area (Å²) < 4.78 is 22.8. The van der Waals surface area contributed by atoms with E-state index in [4.69, 9.17) is 18.9 Å². The van der Waals surface area contributed by atoms with E-state index in [1.807, 2.05) is 18.2 Å². The van der Waals surface area contributed by atoms with E-state index in [2.05, 4.69) is 19.1 Å². The number of hydrogen-bond acceptors (Lipinski definition) is 5. The van der Waals surface area contributed by atoms with E-state index >= 15 is 0 Å². The second-order valence-corrected chi connectivity index (χ2v) is 11.3. The minimum atomic E-state index is -0.144. The highest BCUT2D eigenvalue weighted by atomic mass is 16.7. The fourth-order valence-electron chi connectivity index (χ4n) is 5.10. The van der Waals surface area contributed by atoms with Crippen LogP contribution in [-0.2, 0) is 30.3 Å². The average molecular weight is 547 g/mol. The van der Waals surface area contributed by atoms with Gasteiger partial charge in [0.2, 0.25) is 0 Å². The second-order valence-electron chi connectivity index (χ2n) is 11.3. The maximum atomic E-state index is 12.0. The molecule has 1 saturated heterocycles. The Morgan fingerprint density at radius 3 is 2.00 bits per heavy atom. The zero-order valence-electron chi connectivity index (χ0n) is 25.1. The number of esters is 1. The Hall–Kier alpha value is -1.43. The first kappa shape index (κ1) is 33.8. The van der Waals surface area contributed by atoms with Crippen LogP contribution in [0.25, 0.3) is 0 Å². The molecular formula is C34H58O5. The van der Waals surface area contributed by atoms with Gasteiger partial charge in [0.05, 0.1) is 13.2 Å². The summed E-state index contributed by atoms with van der Waals surface area (Å²) in [6.07, 6.45) is 24.5. The molecule has 0 aromatic heterocycles. The highest BCUT2D eigenvalue weighted by Crippen LogP contribution is 2.19. The SMILES string of the molecule is CCCCCCCCCCCCCCCCC[C@@H]1OC[C@@H](COC(=O)CCCCCOCc2ccccc2)O1. The molecule has 0 N–H and O–H groups in total. The normalized spacial score (nSPS) is 17.1. The van der Waals surface area contributed by atoms with E-state index in [0.29, 0.717) is 26.2 Å². The Kier molecular flexibility index (Phi) is 21.1. The summed E-state index contributed by atoms with van der Waals surface area (Å²) in [6.45, 7) is 4.47. The molecule has 1 aromatic rings. The minimum Gasteiger partial charge on any atom is -0.463 e. The molecule has 0 amide bonds. The van der Waals surface area contributed by atoms with Gasteiger partial charge in [0.15, 0.2) is 6.29 Å². The first-order chi connectivity index (χ1) is 19.3. The summed E-state index contributed by atoms with van der Waals surface area (Å²) in [6, 6.07) is 10.2. The monoisotopic (exact) mass is 546 g/mol. The molecule has 0 spiro atoms. The Morgan fingerprint density at radius 1 is 0.769 bits per heavy atom. The van der Waals surface area contributed by atoms with E-state index < -0.39 is 0 Å². The Bertz CT molecular complexity index is 679.